The molecule has 0 unspecified atom stereocenters. The number of carbonyl (C=O) groups excluding carboxylic acids is 2. The molecular weight excluding hydrogens is 484 g/mol. The van der Waals surface area contributed by atoms with Crippen molar-refractivity contribution in [1.82, 2.24) is 4.90 Å². The number of benzene rings is 3. The van der Waals surface area contributed by atoms with Crippen LogP contribution in [-0.4, -0.2) is 61.9 Å². The van der Waals surface area contributed by atoms with E-state index in [-0.39, 0.29) is 0 Å². The molecule has 38 heavy (non-hydrogen) atoms. The Labute approximate surface area is 223 Å². The average molecular weight is 519 g/mol. The standard InChI is InChI=1S/C30H34N2O6/c1-36-24-15-11-21(12-16-24)20-32(23-13-17-25(37-2)18-14-23)27(22-8-5-4-6-9-22)28(33)29(34)31-19-7-10-26(31)30(35)38-3/h4-6,8-9,11-18,26-28,33H,7,10,19-20H2,1-3H3/t26-,27-,28+/m0/s1. The van der Waals surface area contributed by atoms with Gasteiger partial charge in [0, 0.05) is 18.8 Å². The monoisotopic (exact) mass is 518 g/mol. The van der Waals surface area contributed by atoms with Gasteiger partial charge in [-0.3, -0.25) is 4.79 Å². The normalized spacial score (nSPS) is 16.4. The van der Waals surface area contributed by atoms with Crippen molar-refractivity contribution >= 4 is 17.6 Å². The fraction of sp³-hybridized carbons (Fsp3) is 0.333. The number of carbonyl (C=O) groups is 2. The number of amides is 1. The van der Waals surface area contributed by atoms with E-state index >= 15 is 0 Å². The third-order valence-electron chi connectivity index (χ3n) is 6.95. The van der Waals surface area contributed by atoms with Gasteiger partial charge in [0.1, 0.15) is 17.5 Å². The van der Waals surface area contributed by atoms with Gasteiger partial charge in [-0.2, -0.15) is 0 Å². The summed E-state index contributed by atoms with van der Waals surface area (Å²) in [6.07, 6.45) is -0.264. The molecule has 0 aromatic heterocycles. The molecule has 0 saturated carbocycles. The maximum Gasteiger partial charge on any atom is 0.328 e. The van der Waals surface area contributed by atoms with Crippen LogP contribution in [0, 0.1) is 0 Å². The number of aliphatic hydroxyl groups is 1. The van der Waals surface area contributed by atoms with Crippen molar-refractivity contribution in [2.75, 3.05) is 32.8 Å². The molecule has 1 aliphatic rings. The molecule has 0 spiro atoms. The van der Waals surface area contributed by atoms with Crippen molar-refractivity contribution in [1.29, 1.82) is 0 Å². The molecule has 4 rings (SSSR count). The Hall–Kier alpha value is -4.04. The second kappa shape index (κ2) is 12.5. The summed E-state index contributed by atoms with van der Waals surface area (Å²) in [6, 6.07) is 23.2. The minimum Gasteiger partial charge on any atom is -0.497 e. The van der Waals surface area contributed by atoms with Gasteiger partial charge in [0.2, 0.25) is 0 Å². The van der Waals surface area contributed by atoms with Crippen molar-refractivity contribution < 1.29 is 28.9 Å². The van der Waals surface area contributed by atoms with Crippen LogP contribution in [0.25, 0.3) is 0 Å². The second-order valence-corrected chi connectivity index (χ2v) is 9.19. The van der Waals surface area contributed by atoms with E-state index in [1.807, 2.05) is 83.8 Å². The number of anilines is 1. The minimum atomic E-state index is -1.44. The molecule has 8 heteroatoms. The van der Waals surface area contributed by atoms with Crippen molar-refractivity contribution in [2.24, 2.45) is 0 Å². The summed E-state index contributed by atoms with van der Waals surface area (Å²) in [5, 5.41) is 11.7. The molecule has 1 amide bonds. The van der Waals surface area contributed by atoms with Gasteiger partial charge in [0.15, 0.2) is 6.10 Å². The number of esters is 1. The minimum absolute atomic E-state index is 0.387. The molecule has 0 aliphatic carbocycles. The van der Waals surface area contributed by atoms with Crippen LogP contribution in [-0.2, 0) is 20.9 Å². The van der Waals surface area contributed by atoms with Crippen LogP contribution in [0.2, 0.25) is 0 Å². The quantitative estimate of drug-likeness (QED) is 0.406. The topological polar surface area (TPSA) is 88.5 Å². The van der Waals surface area contributed by atoms with E-state index in [9.17, 15) is 14.7 Å². The number of nitrogens with zero attached hydrogens (tertiary/aromatic N) is 2. The van der Waals surface area contributed by atoms with Crippen molar-refractivity contribution in [2.45, 2.75) is 37.6 Å². The number of rotatable bonds is 10. The zero-order valence-electron chi connectivity index (χ0n) is 21.9. The van der Waals surface area contributed by atoms with Crippen LogP contribution in [0.4, 0.5) is 5.69 Å². The van der Waals surface area contributed by atoms with Gasteiger partial charge in [0.05, 0.1) is 27.4 Å². The highest BCUT2D eigenvalue weighted by Crippen LogP contribution is 2.35. The first-order chi connectivity index (χ1) is 18.5. The van der Waals surface area contributed by atoms with Crippen LogP contribution in [0.5, 0.6) is 11.5 Å². The molecule has 1 saturated heterocycles. The summed E-state index contributed by atoms with van der Waals surface area (Å²) in [4.78, 5) is 29.6. The summed E-state index contributed by atoms with van der Waals surface area (Å²) in [7, 11) is 4.53. The Morgan fingerprint density at radius 1 is 0.921 bits per heavy atom. The lowest BCUT2D eigenvalue weighted by atomic mass is 9.96. The van der Waals surface area contributed by atoms with E-state index < -0.39 is 30.1 Å². The lowest BCUT2D eigenvalue weighted by Gasteiger charge is -2.38. The second-order valence-electron chi connectivity index (χ2n) is 9.19. The van der Waals surface area contributed by atoms with Gasteiger partial charge in [-0.05, 0) is 60.4 Å². The Morgan fingerprint density at radius 2 is 1.53 bits per heavy atom. The van der Waals surface area contributed by atoms with Gasteiger partial charge in [0.25, 0.3) is 5.91 Å². The first-order valence-electron chi connectivity index (χ1n) is 12.6. The lowest BCUT2D eigenvalue weighted by Crippen LogP contribution is -2.50. The van der Waals surface area contributed by atoms with E-state index in [1.165, 1.54) is 12.0 Å². The van der Waals surface area contributed by atoms with Crippen molar-refractivity contribution in [3.8, 4) is 11.5 Å². The highest BCUT2D eigenvalue weighted by molar-refractivity contribution is 5.88. The average Bonchev–Trinajstić information content (AvgIpc) is 3.47. The van der Waals surface area contributed by atoms with Gasteiger partial charge < -0.3 is 29.1 Å². The fourth-order valence-corrected chi connectivity index (χ4v) is 4.95. The molecule has 0 bridgehead atoms. The molecule has 1 heterocycles. The van der Waals surface area contributed by atoms with Crippen molar-refractivity contribution in [3.63, 3.8) is 0 Å². The predicted molar refractivity (Wildman–Crippen MR) is 144 cm³/mol. The summed E-state index contributed by atoms with van der Waals surface area (Å²) in [5.74, 6) is 0.469. The Balaban J connectivity index is 1.76. The first kappa shape index (κ1) is 27.0. The highest BCUT2D eigenvalue weighted by Gasteiger charge is 2.41. The molecule has 3 aromatic rings. The molecule has 8 nitrogen and oxygen atoms in total. The molecule has 1 fully saturated rings. The molecule has 1 aliphatic heterocycles. The summed E-state index contributed by atoms with van der Waals surface area (Å²) < 4.78 is 15.6. The van der Waals surface area contributed by atoms with Crippen LogP contribution in [0.3, 0.4) is 0 Å². The lowest BCUT2D eigenvalue weighted by molar-refractivity contribution is -0.154. The van der Waals surface area contributed by atoms with Gasteiger partial charge in [-0.15, -0.1) is 0 Å². The van der Waals surface area contributed by atoms with Crippen LogP contribution in [0.15, 0.2) is 78.9 Å². The summed E-state index contributed by atoms with van der Waals surface area (Å²) in [5.41, 5.74) is 2.54. The van der Waals surface area contributed by atoms with Crippen molar-refractivity contribution in [3.05, 3.63) is 90.0 Å². The molecule has 3 aromatic carbocycles. The maximum atomic E-state index is 13.8. The fourth-order valence-electron chi connectivity index (χ4n) is 4.95. The van der Waals surface area contributed by atoms with E-state index in [2.05, 4.69) is 0 Å². The number of hydrogen-bond donors (Lipinski definition) is 1. The van der Waals surface area contributed by atoms with Crippen LogP contribution < -0.4 is 14.4 Å². The zero-order chi connectivity index (χ0) is 27.1. The third-order valence-corrected chi connectivity index (χ3v) is 6.95. The maximum absolute atomic E-state index is 13.8. The number of likely N-dealkylation sites (tertiary alicyclic amines) is 1. The molecular formula is C30H34N2O6. The number of aliphatic hydroxyl groups excluding tert-OH is 1. The SMILES string of the molecule is COC(=O)[C@@H]1CCCN1C(=O)[C@H](O)[C@H](c1ccccc1)N(Cc1ccc(OC)cc1)c1ccc(OC)cc1. The van der Waals surface area contributed by atoms with E-state index in [1.54, 1.807) is 14.2 Å². The van der Waals surface area contributed by atoms with E-state index in [0.717, 1.165) is 22.6 Å². The van der Waals surface area contributed by atoms with E-state index in [0.29, 0.717) is 31.7 Å². The Kier molecular flexibility index (Phi) is 8.86. The molecule has 1 N–H and O–H groups in total. The summed E-state index contributed by atoms with van der Waals surface area (Å²) >= 11 is 0. The number of methoxy groups -OCH3 is 3. The predicted octanol–water partition coefficient (Wildman–Crippen LogP) is 3.98. The molecule has 200 valence electrons. The largest absolute Gasteiger partial charge is 0.497 e. The smallest absolute Gasteiger partial charge is 0.328 e. The Morgan fingerprint density at radius 3 is 2.11 bits per heavy atom. The van der Waals surface area contributed by atoms with E-state index in [4.69, 9.17) is 14.2 Å². The Bertz CT molecular complexity index is 1200. The third kappa shape index (κ3) is 5.92. The van der Waals surface area contributed by atoms with Crippen LogP contribution in [0.1, 0.15) is 30.0 Å². The van der Waals surface area contributed by atoms with Crippen LogP contribution >= 0.6 is 0 Å². The van der Waals surface area contributed by atoms with Gasteiger partial charge in [-0.1, -0.05) is 42.5 Å². The first-order valence-corrected chi connectivity index (χ1v) is 12.6. The highest BCUT2D eigenvalue weighted by atomic mass is 16.5. The number of hydrogen-bond acceptors (Lipinski definition) is 7. The van der Waals surface area contributed by atoms with Gasteiger partial charge in [-0.25, -0.2) is 4.79 Å². The molecule has 3 atom stereocenters. The number of ether oxygens (including phenoxy) is 3. The zero-order valence-corrected chi connectivity index (χ0v) is 21.9. The molecule has 0 radical (unpaired) electrons. The van der Waals surface area contributed by atoms with Gasteiger partial charge >= 0.3 is 5.97 Å². The summed E-state index contributed by atoms with van der Waals surface area (Å²) in [6.45, 7) is 0.791.